The van der Waals surface area contributed by atoms with Crippen molar-refractivity contribution >= 4 is 17.7 Å². The number of piperidine rings is 1. The molecule has 2 N–H and O–H groups in total. The van der Waals surface area contributed by atoms with Gasteiger partial charge < -0.3 is 15.4 Å². The lowest BCUT2D eigenvalue weighted by Crippen LogP contribution is -2.58. The third-order valence-electron chi connectivity index (χ3n) is 5.25. The summed E-state index contributed by atoms with van der Waals surface area (Å²) in [5.41, 5.74) is 4.52. The third-order valence-corrected chi connectivity index (χ3v) is 5.25. The standard InChI is InChI=1S/C21H22F5N7O2/c1-12-6-20(22,23)11-33(14(12)10-35-16-9-31-15(8-32-16)21(24,25)26)19(34)17(27)13(7-28-2)18-29-4-3-5-30-18/h3-5,7-9,12,14H,6,10-11,27H2,1-2H3/t12?,14-/m1/s1. The summed E-state index contributed by atoms with van der Waals surface area (Å²) in [7, 11) is 1.43. The van der Waals surface area contributed by atoms with Crippen LogP contribution in [0.4, 0.5) is 22.0 Å². The van der Waals surface area contributed by atoms with Crippen molar-refractivity contribution in [3.8, 4) is 5.88 Å². The second-order valence-electron chi connectivity index (χ2n) is 7.87. The van der Waals surface area contributed by atoms with Crippen LogP contribution in [0, 0.1) is 5.92 Å². The molecule has 0 radical (unpaired) electrons. The number of carbonyl (C=O) groups excluding carboxylic acids is 1. The van der Waals surface area contributed by atoms with Gasteiger partial charge in [-0.25, -0.2) is 28.7 Å². The van der Waals surface area contributed by atoms with E-state index in [1.165, 1.54) is 32.6 Å². The fourth-order valence-corrected chi connectivity index (χ4v) is 3.61. The molecule has 1 saturated heterocycles. The van der Waals surface area contributed by atoms with Gasteiger partial charge in [-0.15, -0.1) is 0 Å². The van der Waals surface area contributed by atoms with Crippen LogP contribution in [0.5, 0.6) is 5.88 Å². The molecule has 2 aromatic heterocycles. The maximum absolute atomic E-state index is 14.4. The predicted octanol–water partition coefficient (Wildman–Crippen LogP) is 2.61. The quantitative estimate of drug-likeness (QED) is 0.369. The van der Waals surface area contributed by atoms with Gasteiger partial charge in [0, 0.05) is 32.1 Å². The zero-order valence-electron chi connectivity index (χ0n) is 18.7. The van der Waals surface area contributed by atoms with Gasteiger partial charge in [-0.2, -0.15) is 13.2 Å². The van der Waals surface area contributed by atoms with Crippen LogP contribution in [0.25, 0.3) is 5.57 Å². The molecular weight excluding hydrogens is 477 g/mol. The number of rotatable bonds is 6. The molecule has 2 atom stereocenters. The number of halogens is 5. The van der Waals surface area contributed by atoms with Gasteiger partial charge in [-0.1, -0.05) is 6.92 Å². The monoisotopic (exact) mass is 499 g/mol. The van der Waals surface area contributed by atoms with Crippen LogP contribution in [0.1, 0.15) is 24.9 Å². The summed E-state index contributed by atoms with van der Waals surface area (Å²) in [5.74, 6) is -5.02. The maximum atomic E-state index is 14.4. The predicted molar refractivity (Wildman–Crippen MR) is 114 cm³/mol. The van der Waals surface area contributed by atoms with Crippen LogP contribution in [-0.2, 0) is 11.0 Å². The van der Waals surface area contributed by atoms with Gasteiger partial charge in [0.1, 0.15) is 12.3 Å². The molecule has 1 unspecified atom stereocenters. The fourth-order valence-electron chi connectivity index (χ4n) is 3.61. The molecular formula is C21H22F5N7O2. The minimum atomic E-state index is -4.68. The number of hydrogen-bond acceptors (Lipinski definition) is 8. The Balaban J connectivity index is 1.88. The number of allylic oxidation sites excluding steroid dienone is 1. The van der Waals surface area contributed by atoms with E-state index >= 15 is 0 Å². The van der Waals surface area contributed by atoms with Gasteiger partial charge in [0.05, 0.1) is 30.6 Å². The number of likely N-dealkylation sites (tertiary alicyclic amines) is 1. The Morgan fingerprint density at radius 3 is 2.51 bits per heavy atom. The molecule has 0 bridgehead atoms. The average molecular weight is 499 g/mol. The molecule has 3 heterocycles. The normalized spacial score (nSPS) is 21.1. The molecule has 0 aromatic carbocycles. The van der Waals surface area contributed by atoms with Gasteiger partial charge in [0.25, 0.3) is 11.8 Å². The lowest BCUT2D eigenvalue weighted by atomic mass is 9.88. The Morgan fingerprint density at radius 1 is 1.26 bits per heavy atom. The molecule has 188 valence electrons. The highest BCUT2D eigenvalue weighted by molar-refractivity contribution is 6.17. The van der Waals surface area contributed by atoms with Gasteiger partial charge in [0.2, 0.25) is 5.88 Å². The van der Waals surface area contributed by atoms with Crippen molar-refractivity contribution in [1.82, 2.24) is 24.8 Å². The molecule has 1 fully saturated rings. The number of aliphatic imine (C=N–C) groups is 1. The first-order chi connectivity index (χ1) is 16.4. The number of aromatic nitrogens is 4. The summed E-state index contributed by atoms with van der Waals surface area (Å²) in [6.45, 7) is 0.250. The Morgan fingerprint density at radius 2 is 1.94 bits per heavy atom. The van der Waals surface area contributed by atoms with Crippen LogP contribution in [0.3, 0.4) is 0 Å². The zero-order valence-corrected chi connectivity index (χ0v) is 18.7. The second kappa shape index (κ2) is 10.3. The number of amides is 1. The molecule has 1 amide bonds. The average Bonchev–Trinajstić information content (AvgIpc) is 2.80. The molecule has 2 aromatic rings. The molecule has 0 aliphatic carbocycles. The van der Waals surface area contributed by atoms with E-state index in [-0.39, 0.29) is 23.9 Å². The zero-order chi connectivity index (χ0) is 25.8. The van der Waals surface area contributed by atoms with Crippen molar-refractivity contribution in [3.05, 3.63) is 48.1 Å². The Hall–Kier alpha value is -3.71. The molecule has 9 nitrogen and oxygen atoms in total. The SMILES string of the molecule is CN=CC(=C(N)C(=O)N1CC(F)(F)CC(C)[C@H]1COc1cnc(C(F)(F)F)cn1)c1ncccn1. The van der Waals surface area contributed by atoms with Crippen LogP contribution in [0.2, 0.25) is 0 Å². The molecule has 0 spiro atoms. The van der Waals surface area contributed by atoms with Gasteiger partial charge in [-0.05, 0) is 12.0 Å². The summed E-state index contributed by atoms with van der Waals surface area (Å²) < 4.78 is 72.3. The summed E-state index contributed by atoms with van der Waals surface area (Å²) in [4.78, 5) is 32.9. The summed E-state index contributed by atoms with van der Waals surface area (Å²) in [6, 6.07) is 0.661. The fraction of sp³-hybridized carbons (Fsp3) is 0.429. The van der Waals surface area contributed by atoms with Crippen molar-refractivity contribution in [2.75, 3.05) is 20.2 Å². The largest absolute Gasteiger partial charge is 0.474 e. The van der Waals surface area contributed by atoms with Crippen molar-refractivity contribution in [2.24, 2.45) is 16.6 Å². The van der Waals surface area contributed by atoms with E-state index in [1.54, 1.807) is 6.07 Å². The number of hydrogen-bond donors (Lipinski definition) is 1. The molecule has 1 aliphatic heterocycles. The summed E-state index contributed by atoms with van der Waals surface area (Å²) >= 11 is 0. The van der Waals surface area contributed by atoms with E-state index in [0.717, 1.165) is 11.1 Å². The molecule has 3 rings (SSSR count). The number of nitrogens with zero attached hydrogens (tertiary/aromatic N) is 6. The molecule has 0 saturated carbocycles. The topological polar surface area (TPSA) is 119 Å². The van der Waals surface area contributed by atoms with Crippen molar-refractivity contribution in [3.63, 3.8) is 0 Å². The van der Waals surface area contributed by atoms with Gasteiger partial charge in [0.15, 0.2) is 11.5 Å². The molecule has 35 heavy (non-hydrogen) atoms. The Labute approximate surface area is 197 Å². The number of nitrogens with two attached hydrogens (primary N) is 1. The van der Waals surface area contributed by atoms with E-state index < -0.39 is 54.3 Å². The van der Waals surface area contributed by atoms with Crippen LogP contribution >= 0.6 is 0 Å². The van der Waals surface area contributed by atoms with Crippen molar-refractivity contribution in [1.29, 1.82) is 0 Å². The number of carbonyl (C=O) groups is 1. The summed E-state index contributed by atoms with van der Waals surface area (Å²) in [5, 5.41) is 0. The second-order valence-corrected chi connectivity index (χ2v) is 7.87. The number of ether oxygens (including phenoxy) is 1. The summed E-state index contributed by atoms with van der Waals surface area (Å²) in [6.07, 6.45) is 0.145. The van der Waals surface area contributed by atoms with E-state index in [0.29, 0.717) is 6.20 Å². The van der Waals surface area contributed by atoms with E-state index in [1.807, 2.05) is 0 Å². The third kappa shape index (κ3) is 6.25. The lowest BCUT2D eigenvalue weighted by Gasteiger charge is -2.43. The first-order valence-corrected chi connectivity index (χ1v) is 10.3. The van der Waals surface area contributed by atoms with E-state index in [4.69, 9.17) is 10.5 Å². The smallest absolute Gasteiger partial charge is 0.434 e. The minimum absolute atomic E-state index is 0.0490. The van der Waals surface area contributed by atoms with Crippen molar-refractivity contribution in [2.45, 2.75) is 31.5 Å². The number of alkyl halides is 5. The molecule has 14 heteroatoms. The van der Waals surface area contributed by atoms with Crippen LogP contribution < -0.4 is 10.5 Å². The van der Waals surface area contributed by atoms with Gasteiger partial charge in [-0.3, -0.25) is 9.79 Å². The Kier molecular flexibility index (Phi) is 7.60. The van der Waals surface area contributed by atoms with Gasteiger partial charge >= 0.3 is 6.18 Å². The highest BCUT2D eigenvalue weighted by atomic mass is 19.4. The lowest BCUT2D eigenvalue weighted by molar-refractivity contribution is -0.151. The maximum Gasteiger partial charge on any atom is 0.434 e. The van der Waals surface area contributed by atoms with E-state index in [2.05, 4.69) is 24.9 Å². The first kappa shape index (κ1) is 25.9. The molecule has 1 aliphatic rings. The highest BCUT2D eigenvalue weighted by Crippen LogP contribution is 2.35. The highest BCUT2D eigenvalue weighted by Gasteiger charge is 2.47. The van der Waals surface area contributed by atoms with E-state index in [9.17, 15) is 26.7 Å². The first-order valence-electron chi connectivity index (χ1n) is 10.3. The van der Waals surface area contributed by atoms with Crippen molar-refractivity contribution < 1.29 is 31.5 Å². The van der Waals surface area contributed by atoms with Crippen LogP contribution in [0.15, 0.2) is 41.5 Å². The Bertz CT molecular complexity index is 1090. The van der Waals surface area contributed by atoms with Crippen LogP contribution in [-0.4, -0.2) is 69.1 Å². The minimum Gasteiger partial charge on any atom is -0.474 e.